The van der Waals surface area contributed by atoms with Crippen LogP contribution >= 0.6 is 27.7 Å². The van der Waals surface area contributed by atoms with Crippen LogP contribution in [0, 0.1) is 0 Å². The third kappa shape index (κ3) is 5.84. The van der Waals surface area contributed by atoms with Crippen molar-refractivity contribution in [3.8, 4) is 0 Å². The Hall–Kier alpha value is -0.100. The van der Waals surface area contributed by atoms with Crippen molar-refractivity contribution in [2.24, 2.45) is 0 Å². The van der Waals surface area contributed by atoms with Crippen molar-refractivity contribution in [1.82, 2.24) is 15.2 Å². The summed E-state index contributed by atoms with van der Waals surface area (Å²) < 4.78 is 1.08. The van der Waals surface area contributed by atoms with E-state index in [0.717, 1.165) is 34.9 Å². The van der Waals surface area contributed by atoms with Crippen LogP contribution in [0.15, 0.2) is 27.8 Å². The maximum absolute atomic E-state index is 4.30. The quantitative estimate of drug-likeness (QED) is 0.617. The molecular weight excluding hydrogens is 286 g/mol. The summed E-state index contributed by atoms with van der Waals surface area (Å²) in [6, 6.07) is 3.96. The fraction of sp³-hybridized carbons (Fsp3) is 0.545. The number of aromatic nitrogens is 1. The van der Waals surface area contributed by atoms with Crippen LogP contribution in [0.25, 0.3) is 0 Å². The second kappa shape index (κ2) is 8.06. The zero-order chi connectivity index (χ0) is 11.8. The molecule has 0 aromatic carbocycles. The first kappa shape index (κ1) is 14.0. The number of halogens is 1. The lowest BCUT2D eigenvalue weighted by molar-refractivity contribution is 0.403. The molecule has 0 amide bonds. The Morgan fingerprint density at radius 2 is 2.25 bits per heavy atom. The summed E-state index contributed by atoms with van der Waals surface area (Å²) in [7, 11) is 4.17. The summed E-state index contributed by atoms with van der Waals surface area (Å²) in [5.74, 6) is 1.04. The van der Waals surface area contributed by atoms with Crippen molar-refractivity contribution in [3.63, 3.8) is 0 Å². The summed E-state index contributed by atoms with van der Waals surface area (Å²) in [5, 5.41) is 4.47. The standard InChI is InChI=1S/C11H18BrN3S/c1-15(2)8-6-13-7-9-16-11-10(12)4-3-5-14-11/h3-5,13H,6-9H2,1-2H3. The molecule has 0 radical (unpaired) electrons. The van der Waals surface area contributed by atoms with E-state index in [4.69, 9.17) is 0 Å². The normalized spacial score (nSPS) is 11.0. The van der Waals surface area contributed by atoms with Crippen molar-refractivity contribution >= 4 is 27.7 Å². The highest BCUT2D eigenvalue weighted by molar-refractivity contribution is 9.10. The van der Waals surface area contributed by atoms with Crippen molar-refractivity contribution in [2.75, 3.05) is 39.5 Å². The van der Waals surface area contributed by atoms with Gasteiger partial charge in [0.25, 0.3) is 0 Å². The molecule has 0 aliphatic carbocycles. The van der Waals surface area contributed by atoms with E-state index in [0.29, 0.717) is 0 Å². The predicted octanol–water partition coefficient (Wildman–Crippen LogP) is 2.09. The highest BCUT2D eigenvalue weighted by Gasteiger charge is 1.99. The first-order chi connectivity index (χ1) is 7.70. The molecule has 1 N–H and O–H groups in total. The minimum atomic E-state index is 1.02. The Morgan fingerprint density at radius 1 is 1.44 bits per heavy atom. The lowest BCUT2D eigenvalue weighted by atomic mass is 10.5. The Bertz CT molecular complexity index is 307. The average molecular weight is 304 g/mol. The smallest absolute Gasteiger partial charge is 0.110 e. The van der Waals surface area contributed by atoms with Gasteiger partial charge in [0.2, 0.25) is 0 Å². The molecule has 90 valence electrons. The number of hydrogen-bond acceptors (Lipinski definition) is 4. The first-order valence-electron chi connectivity index (χ1n) is 5.29. The van der Waals surface area contributed by atoms with E-state index in [-0.39, 0.29) is 0 Å². The molecule has 1 heterocycles. The van der Waals surface area contributed by atoms with Crippen LogP contribution in [-0.4, -0.2) is 49.4 Å². The van der Waals surface area contributed by atoms with Gasteiger partial charge in [0.05, 0.1) is 0 Å². The van der Waals surface area contributed by atoms with E-state index in [1.54, 1.807) is 11.8 Å². The van der Waals surface area contributed by atoms with Crippen LogP contribution in [0.1, 0.15) is 0 Å². The van der Waals surface area contributed by atoms with Gasteiger partial charge in [0.1, 0.15) is 5.03 Å². The van der Waals surface area contributed by atoms with Gasteiger partial charge in [-0.1, -0.05) is 0 Å². The van der Waals surface area contributed by atoms with Crippen molar-refractivity contribution in [1.29, 1.82) is 0 Å². The van der Waals surface area contributed by atoms with Gasteiger partial charge in [0, 0.05) is 36.1 Å². The highest BCUT2D eigenvalue weighted by atomic mass is 79.9. The van der Waals surface area contributed by atoms with Crippen LogP contribution in [0.2, 0.25) is 0 Å². The van der Waals surface area contributed by atoms with Gasteiger partial charge in [-0.2, -0.15) is 0 Å². The maximum Gasteiger partial charge on any atom is 0.110 e. The van der Waals surface area contributed by atoms with Gasteiger partial charge in [-0.25, -0.2) is 4.98 Å². The summed E-state index contributed by atoms with van der Waals surface area (Å²) in [4.78, 5) is 6.48. The van der Waals surface area contributed by atoms with Crippen LogP contribution < -0.4 is 5.32 Å². The van der Waals surface area contributed by atoms with Crippen LogP contribution in [0.3, 0.4) is 0 Å². The molecule has 3 nitrogen and oxygen atoms in total. The Balaban J connectivity index is 2.10. The van der Waals surface area contributed by atoms with Gasteiger partial charge < -0.3 is 10.2 Å². The van der Waals surface area contributed by atoms with Crippen LogP contribution in [-0.2, 0) is 0 Å². The molecule has 5 heteroatoms. The number of pyridine rings is 1. The SMILES string of the molecule is CN(C)CCNCCSc1ncccc1Br. The van der Waals surface area contributed by atoms with Crippen LogP contribution in [0.5, 0.6) is 0 Å². The van der Waals surface area contributed by atoms with E-state index in [1.165, 1.54) is 0 Å². The van der Waals surface area contributed by atoms with Crippen molar-refractivity contribution in [2.45, 2.75) is 5.03 Å². The lowest BCUT2D eigenvalue weighted by Crippen LogP contribution is -2.27. The zero-order valence-electron chi connectivity index (χ0n) is 9.74. The van der Waals surface area contributed by atoms with E-state index in [2.05, 4.69) is 45.2 Å². The Kier molecular flexibility index (Phi) is 7.03. The lowest BCUT2D eigenvalue weighted by Gasteiger charge is -2.10. The first-order valence-corrected chi connectivity index (χ1v) is 7.07. The number of nitrogens with zero attached hydrogens (tertiary/aromatic N) is 2. The monoisotopic (exact) mass is 303 g/mol. The minimum absolute atomic E-state index is 1.02. The summed E-state index contributed by atoms with van der Waals surface area (Å²) in [5.41, 5.74) is 0. The second-order valence-electron chi connectivity index (χ2n) is 3.69. The fourth-order valence-corrected chi connectivity index (χ4v) is 2.50. The predicted molar refractivity (Wildman–Crippen MR) is 74.1 cm³/mol. The molecule has 1 aromatic rings. The molecule has 0 atom stereocenters. The summed E-state index contributed by atoms with van der Waals surface area (Å²) >= 11 is 5.26. The molecule has 16 heavy (non-hydrogen) atoms. The molecule has 0 spiro atoms. The van der Waals surface area contributed by atoms with Crippen molar-refractivity contribution in [3.05, 3.63) is 22.8 Å². The molecule has 1 aromatic heterocycles. The average Bonchev–Trinajstić information content (AvgIpc) is 2.25. The molecule has 0 aliphatic heterocycles. The third-order valence-corrected chi connectivity index (χ3v) is 3.89. The molecule has 0 aliphatic rings. The topological polar surface area (TPSA) is 28.2 Å². The molecular formula is C11H18BrN3S. The Morgan fingerprint density at radius 3 is 2.94 bits per heavy atom. The van der Waals surface area contributed by atoms with Gasteiger partial charge in [-0.05, 0) is 42.2 Å². The maximum atomic E-state index is 4.30. The molecule has 0 bridgehead atoms. The Labute approximate surface area is 110 Å². The number of hydrogen-bond donors (Lipinski definition) is 1. The van der Waals surface area contributed by atoms with Gasteiger partial charge in [0.15, 0.2) is 0 Å². The molecule has 0 unspecified atom stereocenters. The van der Waals surface area contributed by atoms with Crippen LogP contribution in [0.4, 0.5) is 0 Å². The van der Waals surface area contributed by atoms with E-state index in [9.17, 15) is 0 Å². The largest absolute Gasteiger partial charge is 0.315 e. The summed E-state index contributed by atoms with van der Waals surface area (Å²) in [6.45, 7) is 3.14. The summed E-state index contributed by atoms with van der Waals surface area (Å²) in [6.07, 6.45) is 1.83. The van der Waals surface area contributed by atoms with Gasteiger partial charge in [-0.3, -0.25) is 0 Å². The van der Waals surface area contributed by atoms with Gasteiger partial charge >= 0.3 is 0 Å². The van der Waals surface area contributed by atoms with Crippen molar-refractivity contribution < 1.29 is 0 Å². The molecule has 0 saturated carbocycles. The van der Waals surface area contributed by atoms with E-state index < -0.39 is 0 Å². The molecule has 1 rings (SSSR count). The highest BCUT2D eigenvalue weighted by Crippen LogP contribution is 2.23. The number of thioether (sulfide) groups is 1. The number of rotatable bonds is 7. The zero-order valence-corrected chi connectivity index (χ0v) is 12.1. The van der Waals surface area contributed by atoms with E-state index in [1.807, 2.05) is 18.3 Å². The minimum Gasteiger partial charge on any atom is -0.315 e. The van der Waals surface area contributed by atoms with E-state index >= 15 is 0 Å². The van der Waals surface area contributed by atoms with Gasteiger partial charge in [-0.15, -0.1) is 11.8 Å². The fourth-order valence-electron chi connectivity index (χ4n) is 1.12. The second-order valence-corrected chi connectivity index (χ2v) is 5.63. The molecule has 0 fully saturated rings. The number of likely N-dealkylation sites (N-methyl/N-ethyl adjacent to an activating group) is 1. The third-order valence-electron chi connectivity index (χ3n) is 1.98. The molecule has 0 saturated heterocycles. The number of nitrogens with one attached hydrogen (secondary N) is 1.